The third-order valence-corrected chi connectivity index (χ3v) is 7.07. The number of amides is 1. The van der Waals surface area contributed by atoms with Crippen LogP contribution in [0.2, 0.25) is 0 Å². The standard InChI is InChI=1S/C21H27N5O3S/c1-4-16-7-9-17(10-8-16)22-21(27)13-14-26-20-12-11-18(15-19(20)23-24-26)30(28,29)25(5-2)6-3/h7-12,15H,4-6,13-14H2,1-3H3,(H,22,27). The van der Waals surface area contributed by atoms with Crippen molar-refractivity contribution in [2.75, 3.05) is 18.4 Å². The third-order valence-electron chi connectivity index (χ3n) is 5.03. The lowest BCUT2D eigenvalue weighted by molar-refractivity contribution is -0.116. The zero-order valence-electron chi connectivity index (χ0n) is 17.5. The molecular formula is C21H27N5O3S. The van der Waals surface area contributed by atoms with Crippen LogP contribution in [0.4, 0.5) is 5.69 Å². The maximum absolute atomic E-state index is 12.7. The average Bonchev–Trinajstić information content (AvgIpc) is 3.16. The fraction of sp³-hybridized carbons (Fsp3) is 0.381. The average molecular weight is 430 g/mol. The zero-order valence-corrected chi connectivity index (χ0v) is 18.3. The Kier molecular flexibility index (Phi) is 6.84. The van der Waals surface area contributed by atoms with Crippen molar-refractivity contribution < 1.29 is 13.2 Å². The monoisotopic (exact) mass is 429 g/mol. The van der Waals surface area contributed by atoms with E-state index in [4.69, 9.17) is 0 Å². The highest BCUT2D eigenvalue weighted by Crippen LogP contribution is 2.21. The molecule has 1 amide bonds. The highest BCUT2D eigenvalue weighted by Gasteiger charge is 2.22. The van der Waals surface area contributed by atoms with Crippen molar-refractivity contribution in [3.05, 3.63) is 48.0 Å². The zero-order chi connectivity index (χ0) is 21.7. The van der Waals surface area contributed by atoms with Gasteiger partial charge >= 0.3 is 0 Å². The van der Waals surface area contributed by atoms with E-state index < -0.39 is 10.0 Å². The van der Waals surface area contributed by atoms with Gasteiger partial charge in [-0.15, -0.1) is 5.10 Å². The van der Waals surface area contributed by atoms with Crippen LogP contribution < -0.4 is 5.32 Å². The molecule has 30 heavy (non-hydrogen) atoms. The van der Waals surface area contributed by atoms with Crippen LogP contribution in [-0.2, 0) is 27.8 Å². The van der Waals surface area contributed by atoms with Gasteiger partial charge in [-0.1, -0.05) is 38.1 Å². The number of nitrogens with zero attached hydrogens (tertiary/aromatic N) is 4. The van der Waals surface area contributed by atoms with Crippen LogP contribution in [0.5, 0.6) is 0 Å². The molecule has 0 spiro atoms. The van der Waals surface area contributed by atoms with Gasteiger partial charge < -0.3 is 5.32 Å². The van der Waals surface area contributed by atoms with Crippen LogP contribution in [0, 0.1) is 0 Å². The second kappa shape index (κ2) is 9.36. The van der Waals surface area contributed by atoms with Crippen LogP contribution in [-0.4, -0.2) is 46.7 Å². The molecule has 0 aliphatic carbocycles. The van der Waals surface area contributed by atoms with E-state index >= 15 is 0 Å². The van der Waals surface area contributed by atoms with Crippen LogP contribution in [0.1, 0.15) is 32.8 Å². The van der Waals surface area contributed by atoms with E-state index in [1.165, 1.54) is 15.9 Å². The summed E-state index contributed by atoms with van der Waals surface area (Å²) >= 11 is 0. The molecule has 1 aromatic heterocycles. The fourth-order valence-corrected chi connectivity index (χ4v) is 4.72. The quantitative estimate of drug-likeness (QED) is 0.564. The third kappa shape index (κ3) is 4.68. The van der Waals surface area contributed by atoms with E-state index in [9.17, 15) is 13.2 Å². The molecular weight excluding hydrogens is 402 g/mol. The van der Waals surface area contributed by atoms with E-state index in [-0.39, 0.29) is 17.2 Å². The number of benzene rings is 2. The molecule has 3 rings (SSSR count). The van der Waals surface area contributed by atoms with Crippen molar-refractivity contribution >= 4 is 32.7 Å². The minimum Gasteiger partial charge on any atom is -0.326 e. The number of hydrogen-bond donors (Lipinski definition) is 1. The lowest BCUT2D eigenvalue weighted by atomic mass is 10.1. The minimum atomic E-state index is -3.56. The molecule has 0 aliphatic rings. The van der Waals surface area contributed by atoms with Crippen molar-refractivity contribution in [1.82, 2.24) is 19.3 Å². The topological polar surface area (TPSA) is 97.2 Å². The molecule has 0 saturated carbocycles. The van der Waals surface area contributed by atoms with Gasteiger partial charge in [0.1, 0.15) is 5.52 Å². The number of anilines is 1. The second-order valence-corrected chi connectivity index (χ2v) is 8.84. The summed E-state index contributed by atoms with van der Waals surface area (Å²) < 4.78 is 28.4. The SMILES string of the molecule is CCc1ccc(NC(=O)CCn2nnc3cc(S(=O)(=O)N(CC)CC)ccc32)cc1. The smallest absolute Gasteiger partial charge is 0.243 e. The van der Waals surface area contributed by atoms with E-state index in [1.54, 1.807) is 30.7 Å². The first-order valence-corrected chi connectivity index (χ1v) is 11.5. The Morgan fingerprint density at radius 1 is 1.07 bits per heavy atom. The molecule has 0 saturated heterocycles. The minimum absolute atomic E-state index is 0.122. The lowest BCUT2D eigenvalue weighted by Gasteiger charge is -2.18. The Labute approximate surface area is 176 Å². The van der Waals surface area contributed by atoms with E-state index in [2.05, 4.69) is 22.6 Å². The fourth-order valence-electron chi connectivity index (χ4n) is 3.24. The van der Waals surface area contributed by atoms with Crippen LogP contribution >= 0.6 is 0 Å². The normalized spacial score (nSPS) is 11.9. The molecule has 8 nitrogen and oxygen atoms in total. The first-order valence-electron chi connectivity index (χ1n) is 10.1. The van der Waals surface area contributed by atoms with Crippen molar-refractivity contribution in [3.63, 3.8) is 0 Å². The van der Waals surface area contributed by atoms with Gasteiger partial charge in [0, 0.05) is 25.2 Å². The van der Waals surface area contributed by atoms with Gasteiger partial charge in [-0.05, 0) is 42.3 Å². The lowest BCUT2D eigenvalue weighted by Crippen LogP contribution is -2.30. The van der Waals surface area contributed by atoms with Crippen LogP contribution in [0.15, 0.2) is 47.4 Å². The first-order chi connectivity index (χ1) is 14.4. The van der Waals surface area contributed by atoms with Crippen molar-refractivity contribution in [3.8, 4) is 0 Å². The number of hydrogen-bond acceptors (Lipinski definition) is 5. The van der Waals surface area contributed by atoms with Crippen LogP contribution in [0.3, 0.4) is 0 Å². The summed E-state index contributed by atoms with van der Waals surface area (Å²) in [5.74, 6) is -0.122. The predicted molar refractivity (Wildman–Crippen MR) is 117 cm³/mol. The van der Waals surface area contributed by atoms with E-state index in [0.717, 1.165) is 12.1 Å². The Bertz CT molecular complexity index is 1120. The molecule has 2 aromatic carbocycles. The molecule has 0 fully saturated rings. The number of aromatic nitrogens is 3. The number of nitrogens with one attached hydrogen (secondary N) is 1. The Balaban J connectivity index is 1.69. The van der Waals surface area contributed by atoms with Gasteiger partial charge in [0.25, 0.3) is 0 Å². The molecule has 1 heterocycles. The summed E-state index contributed by atoms with van der Waals surface area (Å²) in [6.07, 6.45) is 1.18. The molecule has 0 aliphatic heterocycles. The number of carbonyl (C=O) groups is 1. The predicted octanol–water partition coefficient (Wildman–Crippen LogP) is 3.05. The number of carbonyl (C=O) groups excluding carboxylic acids is 1. The summed E-state index contributed by atoms with van der Waals surface area (Å²) in [6.45, 7) is 6.84. The van der Waals surface area contributed by atoms with E-state index in [0.29, 0.717) is 30.7 Å². The van der Waals surface area contributed by atoms with Crippen molar-refractivity contribution in [2.24, 2.45) is 0 Å². The van der Waals surface area contributed by atoms with Gasteiger partial charge in [-0.2, -0.15) is 4.31 Å². The Morgan fingerprint density at radius 2 is 1.77 bits per heavy atom. The molecule has 0 radical (unpaired) electrons. The second-order valence-electron chi connectivity index (χ2n) is 6.90. The van der Waals surface area contributed by atoms with Crippen molar-refractivity contribution in [1.29, 1.82) is 0 Å². The summed E-state index contributed by atoms with van der Waals surface area (Å²) in [6, 6.07) is 12.5. The highest BCUT2D eigenvalue weighted by atomic mass is 32.2. The number of sulfonamides is 1. The number of fused-ring (bicyclic) bond motifs is 1. The summed E-state index contributed by atoms with van der Waals surface area (Å²) in [5.41, 5.74) is 3.14. The molecule has 1 N–H and O–H groups in total. The highest BCUT2D eigenvalue weighted by molar-refractivity contribution is 7.89. The largest absolute Gasteiger partial charge is 0.326 e. The molecule has 0 bridgehead atoms. The number of rotatable bonds is 9. The van der Waals surface area contributed by atoms with Gasteiger partial charge in [0.05, 0.1) is 17.0 Å². The van der Waals surface area contributed by atoms with E-state index in [1.807, 2.05) is 24.3 Å². The molecule has 0 atom stereocenters. The van der Waals surface area contributed by atoms with Crippen molar-refractivity contribution in [2.45, 2.75) is 45.1 Å². The van der Waals surface area contributed by atoms with Gasteiger partial charge in [0.2, 0.25) is 15.9 Å². The summed E-state index contributed by atoms with van der Waals surface area (Å²) in [5, 5.41) is 11.0. The van der Waals surface area contributed by atoms with Gasteiger partial charge in [-0.3, -0.25) is 4.79 Å². The Morgan fingerprint density at radius 3 is 2.40 bits per heavy atom. The molecule has 0 unspecified atom stereocenters. The summed E-state index contributed by atoms with van der Waals surface area (Å²) in [7, 11) is -3.56. The maximum Gasteiger partial charge on any atom is 0.243 e. The van der Waals surface area contributed by atoms with Gasteiger partial charge in [0.15, 0.2) is 0 Å². The van der Waals surface area contributed by atoms with Gasteiger partial charge in [-0.25, -0.2) is 13.1 Å². The van der Waals surface area contributed by atoms with Crippen LogP contribution in [0.25, 0.3) is 11.0 Å². The Hall–Kier alpha value is -2.78. The maximum atomic E-state index is 12.7. The molecule has 3 aromatic rings. The summed E-state index contributed by atoms with van der Waals surface area (Å²) in [4.78, 5) is 12.5. The molecule has 9 heteroatoms. The first kappa shape index (κ1) is 21.9. The number of aryl methyl sites for hydroxylation is 2. The molecule has 160 valence electrons.